The fraction of sp³-hybridized carbons (Fsp3) is 0.235. The topological polar surface area (TPSA) is 29.1 Å². The van der Waals surface area contributed by atoms with Crippen LogP contribution in [0.4, 0.5) is 8.78 Å². The highest BCUT2D eigenvalue weighted by atomic mass is 32.2. The molecule has 0 aliphatic carbocycles. The van der Waals surface area contributed by atoms with Gasteiger partial charge in [0.25, 0.3) is 0 Å². The Morgan fingerprint density at radius 1 is 0.909 bits per heavy atom. The van der Waals surface area contributed by atoms with E-state index in [1.54, 1.807) is 24.3 Å². The van der Waals surface area contributed by atoms with E-state index in [1.165, 1.54) is 36.0 Å². The largest absolute Gasteiger partial charge is 0.355 e. The highest BCUT2D eigenvalue weighted by molar-refractivity contribution is 7.99. The molecule has 0 bridgehead atoms. The number of amides is 1. The summed E-state index contributed by atoms with van der Waals surface area (Å²) in [4.78, 5) is 11.7. The molecule has 116 valence electrons. The normalized spacial score (nSPS) is 10.5. The minimum atomic E-state index is -0.259. The Morgan fingerprint density at radius 2 is 1.45 bits per heavy atom. The molecule has 0 unspecified atom stereocenters. The summed E-state index contributed by atoms with van der Waals surface area (Å²) >= 11 is 1.48. The number of benzene rings is 2. The Bertz CT molecular complexity index is 546. The standard InChI is InChI=1S/C17H17F2NOS/c18-15-5-1-13(2-6-15)9-10-20-17(21)12-22-11-14-3-7-16(19)8-4-14/h1-8H,9-12H2,(H,20,21). The lowest BCUT2D eigenvalue weighted by atomic mass is 10.1. The molecule has 0 aliphatic heterocycles. The summed E-state index contributed by atoms with van der Waals surface area (Å²) in [5.74, 6) is 0.485. The van der Waals surface area contributed by atoms with Gasteiger partial charge in [0.2, 0.25) is 5.91 Å². The summed E-state index contributed by atoms with van der Waals surface area (Å²) < 4.78 is 25.5. The van der Waals surface area contributed by atoms with Gasteiger partial charge in [-0.1, -0.05) is 24.3 Å². The fourth-order valence-electron chi connectivity index (χ4n) is 1.89. The van der Waals surface area contributed by atoms with Crippen LogP contribution in [0.1, 0.15) is 11.1 Å². The van der Waals surface area contributed by atoms with Gasteiger partial charge in [0, 0.05) is 12.3 Å². The van der Waals surface area contributed by atoms with Gasteiger partial charge in [-0.25, -0.2) is 8.78 Å². The minimum Gasteiger partial charge on any atom is -0.355 e. The van der Waals surface area contributed by atoms with Crippen molar-refractivity contribution >= 4 is 17.7 Å². The quantitative estimate of drug-likeness (QED) is 0.845. The number of nitrogens with one attached hydrogen (secondary N) is 1. The Hall–Kier alpha value is -1.88. The predicted octanol–water partition coefficient (Wildman–Crippen LogP) is 3.56. The van der Waals surface area contributed by atoms with E-state index < -0.39 is 0 Å². The minimum absolute atomic E-state index is 0.0331. The van der Waals surface area contributed by atoms with Gasteiger partial charge in [-0.15, -0.1) is 11.8 Å². The molecule has 22 heavy (non-hydrogen) atoms. The molecule has 1 N–H and O–H groups in total. The van der Waals surface area contributed by atoms with Gasteiger partial charge < -0.3 is 5.32 Å². The molecule has 5 heteroatoms. The maximum atomic E-state index is 12.7. The molecule has 0 saturated heterocycles. The van der Waals surface area contributed by atoms with Crippen LogP contribution >= 0.6 is 11.8 Å². The highest BCUT2D eigenvalue weighted by Gasteiger charge is 2.02. The second-order valence-corrected chi connectivity index (χ2v) is 5.83. The molecule has 0 atom stereocenters. The van der Waals surface area contributed by atoms with Crippen LogP contribution in [0.2, 0.25) is 0 Å². The molecule has 0 aliphatic rings. The Labute approximate surface area is 132 Å². The zero-order valence-electron chi connectivity index (χ0n) is 12.0. The van der Waals surface area contributed by atoms with E-state index in [9.17, 15) is 13.6 Å². The van der Waals surface area contributed by atoms with Crippen LogP contribution in [-0.4, -0.2) is 18.2 Å². The average molecular weight is 321 g/mol. The number of hydrogen-bond donors (Lipinski definition) is 1. The maximum Gasteiger partial charge on any atom is 0.230 e. The smallest absolute Gasteiger partial charge is 0.230 e. The second-order valence-electron chi connectivity index (χ2n) is 4.85. The monoisotopic (exact) mass is 321 g/mol. The van der Waals surface area contributed by atoms with Crippen LogP contribution in [0.25, 0.3) is 0 Å². The fourth-order valence-corrected chi connectivity index (χ4v) is 2.71. The van der Waals surface area contributed by atoms with E-state index in [4.69, 9.17) is 0 Å². The van der Waals surface area contributed by atoms with E-state index in [2.05, 4.69) is 5.32 Å². The molecule has 2 aromatic rings. The molecule has 2 aromatic carbocycles. The van der Waals surface area contributed by atoms with Crippen molar-refractivity contribution < 1.29 is 13.6 Å². The number of thioether (sulfide) groups is 1. The maximum absolute atomic E-state index is 12.7. The lowest BCUT2D eigenvalue weighted by molar-refractivity contribution is -0.118. The Balaban J connectivity index is 1.61. The third-order valence-corrected chi connectivity index (χ3v) is 4.07. The van der Waals surface area contributed by atoms with E-state index in [1.807, 2.05) is 0 Å². The number of carbonyl (C=O) groups is 1. The molecule has 0 fully saturated rings. The number of halogens is 2. The van der Waals surface area contributed by atoms with Crippen molar-refractivity contribution in [3.05, 3.63) is 71.3 Å². The third-order valence-electron chi connectivity index (χ3n) is 3.06. The van der Waals surface area contributed by atoms with Crippen molar-refractivity contribution in [3.8, 4) is 0 Å². The Morgan fingerprint density at radius 3 is 2.05 bits per heavy atom. The van der Waals surface area contributed by atoms with Crippen LogP contribution < -0.4 is 5.32 Å². The van der Waals surface area contributed by atoms with Gasteiger partial charge in [0.15, 0.2) is 0 Å². The van der Waals surface area contributed by atoms with Crippen molar-refractivity contribution in [2.75, 3.05) is 12.3 Å². The van der Waals surface area contributed by atoms with E-state index in [0.29, 0.717) is 24.5 Å². The highest BCUT2D eigenvalue weighted by Crippen LogP contribution is 2.12. The van der Waals surface area contributed by atoms with Gasteiger partial charge >= 0.3 is 0 Å². The summed E-state index contributed by atoms with van der Waals surface area (Å²) in [6.07, 6.45) is 0.675. The van der Waals surface area contributed by atoms with Crippen molar-refractivity contribution in [2.45, 2.75) is 12.2 Å². The lowest BCUT2D eigenvalue weighted by Gasteiger charge is -2.06. The molecule has 1 amide bonds. The molecular weight excluding hydrogens is 304 g/mol. The lowest BCUT2D eigenvalue weighted by Crippen LogP contribution is -2.27. The van der Waals surface area contributed by atoms with Gasteiger partial charge in [-0.2, -0.15) is 0 Å². The van der Waals surface area contributed by atoms with E-state index >= 15 is 0 Å². The van der Waals surface area contributed by atoms with Crippen LogP contribution in [0, 0.1) is 11.6 Å². The molecule has 0 spiro atoms. The van der Waals surface area contributed by atoms with Gasteiger partial charge in [-0.3, -0.25) is 4.79 Å². The van der Waals surface area contributed by atoms with Crippen LogP contribution in [0.5, 0.6) is 0 Å². The molecule has 0 aromatic heterocycles. The summed E-state index contributed by atoms with van der Waals surface area (Å²) in [5.41, 5.74) is 1.98. The first-order valence-electron chi connectivity index (χ1n) is 6.97. The Kier molecular flexibility index (Phi) is 6.40. The first-order valence-corrected chi connectivity index (χ1v) is 8.12. The molecule has 2 rings (SSSR count). The van der Waals surface area contributed by atoms with Crippen LogP contribution in [-0.2, 0) is 17.0 Å². The zero-order valence-corrected chi connectivity index (χ0v) is 12.8. The number of carbonyl (C=O) groups excluding carboxylic acids is 1. The number of hydrogen-bond acceptors (Lipinski definition) is 2. The van der Waals surface area contributed by atoms with Crippen LogP contribution in [0.3, 0.4) is 0 Å². The first kappa shape index (κ1) is 16.5. The van der Waals surface area contributed by atoms with Gasteiger partial charge in [0.1, 0.15) is 11.6 Å². The molecule has 0 saturated carbocycles. The summed E-state index contributed by atoms with van der Waals surface area (Å²) in [7, 11) is 0. The second kappa shape index (κ2) is 8.54. The van der Waals surface area contributed by atoms with E-state index in [0.717, 1.165) is 11.1 Å². The van der Waals surface area contributed by atoms with Crippen molar-refractivity contribution in [1.29, 1.82) is 0 Å². The molecular formula is C17H17F2NOS. The predicted molar refractivity (Wildman–Crippen MR) is 85.7 cm³/mol. The van der Waals surface area contributed by atoms with Gasteiger partial charge in [0.05, 0.1) is 5.75 Å². The van der Waals surface area contributed by atoms with Gasteiger partial charge in [-0.05, 0) is 41.8 Å². The summed E-state index contributed by atoms with van der Waals surface area (Å²) in [6.45, 7) is 0.529. The molecule has 0 heterocycles. The molecule has 2 nitrogen and oxygen atoms in total. The zero-order chi connectivity index (χ0) is 15.8. The third kappa shape index (κ3) is 5.85. The SMILES string of the molecule is O=C(CSCc1ccc(F)cc1)NCCc1ccc(F)cc1. The first-order chi connectivity index (χ1) is 10.6. The van der Waals surface area contributed by atoms with Crippen molar-refractivity contribution in [1.82, 2.24) is 5.32 Å². The van der Waals surface area contributed by atoms with Crippen molar-refractivity contribution in [3.63, 3.8) is 0 Å². The van der Waals surface area contributed by atoms with Crippen molar-refractivity contribution in [2.24, 2.45) is 0 Å². The number of rotatable bonds is 7. The van der Waals surface area contributed by atoms with E-state index in [-0.39, 0.29) is 17.5 Å². The average Bonchev–Trinajstić information content (AvgIpc) is 2.51. The van der Waals surface area contributed by atoms with Crippen LogP contribution in [0.15, 0.2) is 48.5 Å². The molecule has 0 radical (unpaired) electrons. The summed E-state index contributed by atoms with van der Waals surface area (Å²) in [6, 6.07) is 12.5. The summed E-state index contributed by atoms with van der Waals surface area (Å²) in [5, 5.41) is 2.83.